The monoisotopic (exact) mass is 901 g/mol. The van der Waals surface area contributed by atoms with E-state index in [1.54, 1.807) is 0 Å². The predicted molar refractivity (Wildman–Crippen MR) is 287 cm³/mol. The summed E-state index contributed by atoms with van der Waals surface area (Å²) in [5, 5.41) is 14.4. The van der Waals surface area contributed by atoms with Gasteiger partial charge in [0.05, 0.1) is 33.7 Å². The van der Waals surface area contributed by atoms with Crippen molar-refractivity contribution in [3.8, 4) is 17.2 Å². The second kappa shape index (κ2) is 16.2. The maximum atomic E-state index is 10.3. The van der Waals surface area contributed by atoms with Gasteiger partial charge in [-0.05, 0) is 114 Å². The molecule has 5 heteroatoms. The van der Waals surface area contributed by atoms with Crippen LogP contribution >= 0.6 is 0 Å². The van der Waals surface area contributed by atoms with E-state index < -0.39 is 10.8 Å². The quantitative estimate of drug-likeness (QED) is 0.144. The van der Waals surface area contributed by atoms with E-state index >= 15 is 0 Å². The zero-order valence-corrected chi connectivity index (χ0v) is 38.9. The zero-order valence-electron chi connectivity index (χ0n) is 38.9. The molecule has 70 heavy (non-hydrogen) atoms. The molecule has 13 rings (SSSR count). The molecule has 2 aromatic heterocycles. The number of furan rings is 2. The first-order valence-corrected chi connectivity index (χ1v) is 24.2. The van der Waals surface area contributed by atoms with Gasteiger partial charge in [0.1, 0.15) is 16.7 Å². The number of hydrogen-bond donors (Lipinski definition) is 0. The van der Waals surface area contributed by atoms with E-state index in [0.717, 1.165) is 118 Å². The lowest BCUT2D eigenvalue weighted by atomic mass is 9.67. The molecule has 2 aliphatic carbocycles. The van der Waals surface area contributed by atoms with E-state index in [4.69, 9.17) is 8.83 Å². The fourth-order valence-corrected chi connectivity index (χ4v) is 11.4. The lowest BCUT2D eigenvalue weighted by Crippen LogP contribution is -2.29. The molecule has 0 bridgehead atoms. The van der Waals surface area contributed by atoms with E-state index in [2.05, 4.69) is 247 Å². The van der Waals surface area contributed by atoms with Crippen molar-refractivity contribution in [2.24, 2.45) is 5.41 Å². The molecule has 0 spiro atoms. The molecule has 9 aromatic carbocycles. The Morgan fingerprint density at radius 1 is 0.529 bits per heavy atom. The Kier molecular flexibility index (Phi) is 9.54. The number of anilines is 5. The third-order valence-electron chi connectivity index (χ3n) is 14.7. The predicted octanol–water partition coefficient (Wildman–Crippen LogP) is 17.4. The highest BCUT2D eigenvalue weighted by Crippen LogP contribution is 2.64. The number of benzene rings is 9. The van der Waals surface area contributed by atoms with Gasteiger partial charge in [0.15, 0.2) is 5.58 Å². The highest BCUT2D eigenvalue weighted by Gasteiger charge is 2.50. The Bertz CT molecular complexity index is 3880. The van der Waals surface area contributed by atoms with E-state index in [-0.39, 0.29) is 0 Å². The molecule has 1 atom stereocenters. The standard InChI is InChI=1S/C65H47N3O2/c1-3-43-32-34-48(35-33-43)68(47-26-14-7-15-27-47)55-41-52-60(59-51-29-17-19-31-57(51)69-62(55)59)61-53(65(52,44-20-8-4-9-21-44)45-22-10-5-11-23-45)40-54(58-50-28-16-18-30-56(50)70-63(58)61)67(46-24-12-6-13-25-46)49-36-38-64(2,42-66)39-37-49/h4-38,40-41H,3,39H2,1-2H3. The fourth-order valence-electron chi connectivity index (χ4n) is 11.4. The molecule has 0 aliphatic heterocycles. The lowest BCUT2D eigenvalue weighted by molar-refractivity contribution is 0.569. The van der Waals surface area contributed by atoms with Crippen LogP contribution in [0.5, 0.6) is 0 Å². The normalized spacial score (nSPS) is 15.8. The molecule has 5 nitrogen and oxygen atoms in total. The summed E-state index contributed by atoms with van der Waals surface area (Å²) in [5.74, 6) is 0. The van der Waals surface area contributed by atoms with E-state index in [0.29, 0.717) is 6.42 Å². The first-order valence-electron chi connectivity index (χ1n) is 24.2. The number of nitriles is 1. The number of allylic oxidation sites excluding steroid dienone is 3. The fraction of sp³-hybridized carbons (Fsp3) is 0.0923. The number of fused-ring (bicyclic) bond motifs is 11. The summed E-state index contributed by atoms with van der Waals surface area (Å²) in [5.41, 5.74) is 15.6. The largest absolute Gasteiger partial charge is 0.455 e. The summed E-state index contributed by atoms with van der Waals surface area (Å²) in [6.07, 6.45) is 7.92. The summed E-state index contributed by atoms with van der Waals surface area (Å²) < 4.78 is 14.7. The Morgan fingerprint density at radius 3 is 1.60 bits per heavy atom. The van der Waals surface area contributed by atoms with Gasteiger partial charge in [-0.2, -0.15) is 5.26 Å². The Labute approximate surface area is 407 Å². The number of nitrogens with zero attached hydrogens (tertiary/aromatic N) is 3. The summed E-state index contributed by atoms with van der Waals surface area (Å²) in [6, 6.07) is 76.5. The summed E-state index contributed by atoms with van der Waals surface area (Å²) in [7, 11) is 0. The summed E-state index contributed by atoms with van der Waals surface area (Å²) in [6.45, 7) is 4.20. The molecule has 0 saturated heterocycles. The SMILES string of the molecule is CCc1ccc(N(c2ccccc2)c2cc3c(c4c2oc2ccccc24)-c2c(cc(N(C4=CCC(C)(C#N)C=C4)c4ccccc4)c4c2oc2ccccc24)C3(c2ccccc2)c2ccccc2)cc1. The number of para-hydroxylation sites is 4. The molecule has 0 saturated carbocycles. The molecule has 2 heterocycles. The molecule has 0 fully saturated rings. The minimum atomic E-state index is -0.872. The van der Waals surface area contributed by atoms with Gasteiger partial charge in [0.25, 0.3) is 0 Å². The summed E-state index contributed by atoms with van der Waals surface area (Å²) in [4.78, 5) is 4.73. The Hall–Kier alpha value is -8.85. The van der Waals surface area contributed by atoms with Gasteiger partial charge in [0.2, 0.25) is 0 Å². The first-order chi connectivity index (χ1) is 34.5. The maximum Gasteiger partial charge on any atom is 0.160 e. The van der Waals surface area contributed by atoms with Gasteiger partial charge in [-0.1, -0.05) is 165 Å². The van der Waals surface area contributed by atoms with E-state index in [1.807, 2.05) is 6.92 Å². The van der Waals surface area contributed by atoms with Gasteiger partial charge in [-0.3, -0.25) is 0 Å². The van der Waals surface area contributed by atoms with E-state index in [1.165, 1.54) is 5.56 Å². The van der Waals surface area contributed by atoms with Crippen LogP contribution in [0.25, 0.3) is 55.0 Å². The van der Waals surface area contributed by atoms with Crippen LogP contribution < -0.4 is 9.80 Å². The maximum absolute atomic E-state index is 10.3. The highest BCUT2D eigenvalue weighted by atomic mass is 16.3. The molecular formula is C65H47N3O2. The number of aryl methyl sites for hydroxylation is 1. The van der Waals surface area contributed by atoms with Crippen molar-refractivity contribution in [2.75, 3.05) is 9.80 Å². The third kappa shape index (κ3) is 6.16. The van der Waals surface area contributed by atoms with Crippen molar-refractivity contribution >= 4 is 72.3 Å². The van der Waals surface area contributed by atoms with Gasteiger partial charge < -0.3 is 18.6 Å². The van der Waals surface area contributed by atoms with Crippen LogP contribution in [-0.2, 0) is 11.8 Å². The van der Waals surface area contributed by atoms with Crippen molar-refractivity contribution < 1.29 is 8.83 Å². The van der Waals surface area contributed by atoms with Crippen molar-refractivity contribution in [3.63, 3.8) is 0 Å². The van der Waals surface area contributed by atoms with Gasteiger partial charge >= 0.3 is 0 Å². The van der Waals surface area contributed by atoms with Gasteiger partial charge in [-0.15, -0.1) is 0 Å². The van der Waals surface area contributed by atoms with Gasteiger partial charge in [-0.25, -0.2) is 0 Å². The van der Waals surface area contributed by atoms with Gasteiger partial charge in [0, 0.05) is 50.0 Å². The second-order valence-electron chi connectivity index (χ2n) is 18.8. The van der Waals surface area contributed by atoms with Crippen LogP contribution in [0.15, 0.2) is 239 Å². The van der Waals surface area contributed by atoms with Crippen LogP contribution in [0.4, 0.5) is 28.4 Å². The smallest absolute Gasteiger partial charge is 0.160 e. The van der Waals surface area contributed by atoms with E-state index in [9.17, 15) is 5.26 Å². The molecule has 0 N–H and O–H groups in total. The topological polar surface area (TPSA) is 56.6 Å². The Balaban J connectivity index is 1.24. The lowest BCUT2D eigenvalue weighted by Gasteiger charge is -2.36. The molecule has 0 radical (unpaired) electrons. The zero-order chi connectivity index (χ0) is 47.0. The van der Waals surface area contributed by atoms with Crippen molar-refractivity contribution in [1.29, 1.82) is 5.26 Å². The molecule has 334 valence electrons. The highest BCUT2D eigenvalue weighted by molar-refractivity contribution is 6.25. The number of hydrogen-bond acceptors (Lipinski definition) is 5. The first kappa shape index (κ1) is 41.3. The average Bonchev–Trinajstić information content (AvgIpc) is 4.10. The molecule has 0 amide bonds. The molecule has 2 aliphatic rings. The van der Waals surface area contributed by atoms with Crippen molar-refractivity contribution in [3.05, 3.63) is 258 Å². The molecule has 11 aromatic rings. The van der Waals surface area contributed by atoms with Crippen molar-refractivity contribution in [2.45, 2.75) is 32.1 Å². The molecular weight excluding hydrogens is 855 g/mol. The average molecular weight is 902 g/mol. The molecule has 1 unspecified atom stereocenters. The second-order valence-corrected chi connectivity index (χ2v) is 18.8. The number of rotatable bonds is 9. The minimum Gasteiger partial charge on any atom is -0.455 e. The van der Waals surface area contributed by atoms with Crippen LogP contribution in [0.1, 0.15) is 48.1 Å². The van der Waals surface area contributed by atoms with Crippen LogP contribution in [0.3, 0.4) is 0 Å². The summed E-state index contributed by atoms with van der Waals surface area (Å²) >= 11 is 0. The minimum absolute atomic E-state index is 0.579. The third-order valence-corrected chi connectivity index (χ3v) is 14.7. The van der Waals surface area contributed by atoms with Crippen molar-refractivity contribution in [1.82, 2.24) is 0 Å². The van der Waals surface area contributed by atoms with Crippen LogP contribution in [0, 0.1) is 16.7 Å². The van der Waals surface area contributed by atoms with Crippen LogP contribution in [-0.4, -0.2) is 0 Å². The Morgan fingerprint density at radius 2 is 1.03 bits per heavy atom. The van der Waals surface area contributed by atoms with Crippen LogP contribution in [0.2, 0.25) is 0 Å².